The summed E-state index contributed by atoms with van der Waals surface area (Å²) in [7, 11) is 0. The number of hydroxylamine groups is 2. The van der Waals surface area contributed by atoms with Crippen LogP contribution in [-0.4, -0.2) is 22.5 Å². The molecule has 0 radical (unpaired) electrons. The van der Waals surface area contributed by atoms with Crippen molar-refractivity contribution in [3.63, 3.8) is 0 Å². The van der Waals surface area contributed by atoms with Crippen molar-refractivity contribution in [2.45, 2.75) is 18.6 Å². The zero-order valence-electron chi connectivity index (χ0n) is 9.39. The highest BCUT2D eigenvalue weighted by molar-refractivity contribution is 8.22. The molecule has 2 nitrogen and oxygen atoms in total. The molecule has 0 atom stereocenters. The van der Waals surface area contributed by atoms with Gasteiger partial charge in [-0.25, -0.2) is 5.06 Å². The van der Waals surface area contributed by atoms with E-state index >= 15 is 0 Å². The number of hydrogen-bond donors (Lipinski definition) is 0. The molecule has 0 amide bonds. The summed E-state index contributed by atoms with van der Waals surface area (Å²) in [5.41, 5.74) is 1.11. The molecule has 0 bridgehead atoms. The number of nitrogens with zero attached hydrogens (tertiary/aromatic N) is 1. The molecule has 1 saturated heterocycles. The lowest BCUT2D eigenvalue weighted by molar-refractivity contribution is -0.118. The number of rotatable bonds is 2. The van der Waals surface area contributed by atoms with Crippen LogP contribution in [0.25, 0.3) is 0 Å². The first-order valence-corrected chi connectivity index (χ1v) is 7.35. The fourth-order valence-corrected chi connectivity index (χ4v) is 2.99. The van der Waals surface area contributed by atoms with Crippen LogP contribution >= 0.6 is 35.6 Å². The van der Waals surface area contributed by atoms with Gasteiger partial charge >= 0.3 is 0 Å². The van der Waals surface area contributed by atoms with Crippen LogP contribution < -0.4 is 0 Å². The molecule has 1 fully saturated rings. The Labute approximate surface area is 116 Å². The fourth-order valence-electron chi connectivity index (χ4n) is 1.57. The van der Waals surface area contributed by atoms with Crippen LogP contribution in [0, 0.1) is 0 Å². The molecule has 0 N–H and O–H groups in total. The Bertz CT molecular complexity index is 394. The number of thioether (sulfide) groups is 1. The third kappa shape index (κ3) is 3.85. The molecule has 17 heavy (non-hydrogen) atoms. The van der Waals surface area contributed by atoms with Gasteiger partial charge in [0, 0.05) is 17.3 Å². The Balaban J connectivity index is 1.85. The van der Waals surface area contributed by atoms with Crippen LogP contribution in [0.5, 0.6) is 0 Å². The second kappa shape index (κ2) is 6.59. The lowest BCUT2D eigenvalue weighted by Crippen LogP contribution is -2.32. The van der Waals surface area contributed by atoms with E-state index in [-0.39, 0.29) is 0 Å². The minimum absolute atomic E-state index is 0.771. The molecule has 0 saturated carbocycles. The Hall–Kier alpha value is -0.290. The van der Waals surface area contributed by atoms with Crippen LogP contribution in [0.1, 0.15) is 18.4 Å². The summed E-state index contributed by atoms with van der Waals surface area (Å²) in [6.45, 7) is 1.67. The Morgan fingerprint density at radius 2 is 2.24 bits per heavy atom. The third-order valence-electron chi connectivity index (χ3n) is 2.52. The number of thiocarbonyl (C=S) groups is 1. The highest BCUT2D eigenvalue weighted by Gasteiger charge is 2.15. The molecule has 0 spiro atoms. The lowest BCUT2D eigenvalue weighted by Gasteiger charge is -2.27. The van der Waals surface area contributed by atoms with Crippen molar-refractivity contribution in [1.29, 1.82) is 0 Å². The second-order valence-corrected chi connectivity index (χ2v) is 5.80. The van der Waals surface area contributed by atoms with E-state index < -0.39 is 0 Å². The van der Waals surface area contributed by atoms with Crippen LogP contribution in [0.15, 0.2) is 24.3 Å². The maximum Gasteiger partial charge on any atom is 0.160 e. The van der Waals surface area contributed by atoms with Gasteiger partial charge in [0.2, 0.25) is 0 Å². The van der Waals surface area contributed by atoms with Crippen molar-refractivity contribution in [3.8, 4) is 0 Å². The summed E-state index contributed by atoms with van der Waals surface area (Å²) in [5, 5.41) is 2.61. The first-order chi connectivity index (χ1) is 8.27. The van der Waals surface area contributed by atoms with E-state index in [0.717, 1.165) is 46.7 Å². The predicted octanol–water partition coefficient (Wildman–Crippen LogP) is 3.89. The monoisotopic (exact) mass is 287 g/mol. The van der Waals surface area contributed by atoms with Gasteiger partial charge in [-0.2, -0.15) is 0 Å². The molecule has 1 aromatic rings. The highest BCUT2D eigenvalue weighted by Crippen LogP contribution is 2.23. The standard InChI is InChI=1S/C12H14ClNOS2/c13-11-6-2-1-5-10(11)9-17-12(16)14-7-3-4-8-15-14/h1-2,5-6H,3-4,7-9H2. The van der Waals surface area contributed by atoms with Gasteiger partial charge in [-0.3, -0.25) is 4.84 Å². The average Bonchev–Trinajstić information content (AvgIpc) is 2.38. The number of benzene rings is 1. The van der Waals surface area contributed by atoms with E-state index in [1.54, 1.807) is 11.8 Å². The first-order valence-electron chi connectivity index (χ1n) is 5.58. The van der Waals surface area contributed by atoms with Gasteiger partial charge in [0.25, 0.3) is 0 Å². The van der Waals surface area contributed by atoms with Crippen molar-refractivity contribution in [3.05, 3.63) is 34.9 Å². The van der Waals surface area contributed by atoms with Crippen LogP contribution in [-0.2, 0) is 10.6 Å². The topological polar surface area (TPSA) is 12.5 Å². The molecule has 1 aromatic carbocycles. The lowest BCUT2D eigenvalue weighted by atomic mass is 10.2. The SMILES string of the molecule is S=C(SCc1ccccc1Cl)N1CCCCO1. The van der Waals surface area contributed by atoms with Gasteiger partial charge in [0.05, 0.1) is 6.61 Å². The Morgan fingerprint density at radius 3 is 2.94 bits per heavy atom. The molecule has 0 aromatic heterocycles. The largest absolute Gasteiger partial charge is 0.272 e. The summed E-state index contributed by atoms with van der Waals surface area (Å²) >= 11 is 13.0. The minimum atomic E-state index is 0.771. The molecule has 1 heterocycles. The van der Waals surface area contributed by atoms with E-state index in [2.05, 4.69) is 0 Å². The number of hydrogen-bond acceptors (Lipinski definition) is 3. The van der Waals surface area contributed by atoms with Crippen molar-refractivity contribution < 1.29 is 4.84 Å². The molecular weight excluding hydrogens is 274 g/mol. The average molecular weight is 288 g/mol. The van der Waals surface area contributed by atoms with Gasteiger partial charge in [0.1, 0.15) is 0 Å². The smallest absolute Gasteiger partial charge is 0.160 e. The maximum absolute atomic E-state index is 6.09. The van der Waals surface area contributed by atoms with Crippen LogP contribution in [0.2, 0.25) is 5.02 Å². The van der Waals surface area contributed by atoms with Gasteiger partial charge in [-0.1, -0.05) is 53.8 Å². The molecule has 1 aliphatic rings. The molecule has 2 rings (SSSR count). The van der Waals surface area contributed by atoms with E-state index in [9.17, 15) is 0 Å². The zero-order chi connectivity index (χ0) is 12.1. The van der Waals surface area contributed by atoms with E-state index in [1.165, 1.54) is 0 Å². The van der Waals surface area contributed by atoms with Gasteiger partial charge in [-0.05, 0) is 24.5 Å². The Kier molecular flexibility index (Phi) is 5.10. The van der Waals surface area contributed by atoms with Crippen LogP contribution in [0.4, 0.5) is 0 Å². The van der Waals surface area contributed by atoms with E-state index in [4.69, 9.17) is 28.7 Å². The van der Waals surface area contributed by atoms with E-state index in [1.807, 2.05) is 29.3 Å². The molecular formula is C12H14ClNOS2. The normalized spacial score (nSPS) is 15.9. The third-order valence-corrected chi connectivity index (χ3v) is 4.35. The molecule has 1 aliphatic heterocycles. The first kappa shape index (κ1) is 13.1. The van der Waals surface area contributed by atoms with Gasteiger partial charge in [-0.15, -0.1) is 0 Å². The van der Waals surface area contributed by atoms with Crippen molar-refractivity contribution >= 4 is 39.9 Å². The molecule has 0 unspecified atom stereocenters. The predicted molar refractivity (Wildman–Crippen MR) is 77.2 cm³/mol. The van der Waals surface area contributed by atoms with Crippen molar-refractivity contribution in [2.24, 2.45) is 0 Å². The zero-order valence-corrected chi connectivity index (χ0v) is 11.8. The summed E-state index contributed by atoms with van der Waals surface area (Å²) in [4.78, 5) is 5.50. The molecule has 0 aliphatic carbocycles. The maximum atomic E-state index is 6.09. The van der Waals surface area contributed by atoms with Gasteiger partial charge in [0.15, 0.2) is 4.32 Å². The van der Waals surface area contributed by atoms with E-state index in [0.29, 0.717) is 0 Å². The summed E-state index contributed by atoms with van der Waals surface area (Å²) in [6, 6.07) is 7.84. The fraction of sp³-hybridized carbons (Fsp3) is 0.417. The second-order valence-electron chi connectivity index (χ2n) is 3.79. The minimum Gasteiger partial charge on any atom is -0.272 e. The van der Waals surface area contributed by atoms with Crippen molar-refractivity contribution in [2.75, 3.05) is 13.2 Å². The van der Waals surface area contributed by atoms with Gasteiger partial charge < -0.3 is 0 Å². The highest BCUT2D eigenvalue weighted by atomic mass is 35.5. The number of halogens is 1. The van der Waals surface area contributed by atoms with Crippen LogP contribution in [0.3, 0.4) is 0 Å². The quantitative estimate of drug-likeness (QED) is 0.765. The van der Waals surface area contributed by atoms with Crippen molar-refractivity contribution in [1.82, 2.24) is 5.06 Å². The molecule has 5 heteroatoms. The summed E-state index contributed by atoms with van der Waals surface area (Å²) < 4.78 is 0.796. The summed E-state index contributed by atoms with van der Waals surface area (Å²) in [6.07, 6.45) is 2.26. The summed E-state index contributed by atoms with van der Waals surface area (Å²) in [5.74, 6) is 0.790. The Morgan fingerprint density at radius 1 is 1.41 bits per heavy atom. The molecule has 92 valence electrons.